The van der Waals surface area contributed by atoms with Crippen molar-refractivity contribution < 1.29 is 30.3 Å². The van der Waals surface area contributed by atoms with Crippen LogP contribution in [0.4, 0.5) is 13.2 Å². The van der Waals surface area contributed by atoms with Crippen LogP contribution >= 0.6 is 0 Å². The zero-order chi connectivity index (χ0) is 11.5. The first-order valence-corrected chi connectivity index (χ1v) is 4.34. The van der Waals surface area contributed by atoms with Crippen LogP contribution in [0.15, 0.2) is 24.3 Å². The summed E-state index contributed by atoms with van der Waals surface area (Å²) in [5.74, 6) is -0.247. The van der Waals surface area contributed by atoms with Gasteiger partial charge in [-0.1, -0.05) is 6.07 Å². The third-order valence-corrected chi connectivity index (χ3v) is 1.74. The summed E-state index contributed by atoms with van der Waals surface area (Å²) < 4.78 is 41.7. The molecule has 0 radical (unpaired) electrons. The van der Waals surface area contributed by atoms with Gasteiger partial charge >= 0.3 is 6.18 Å². The van der Waals surface area contributed by atoms with E-state index in [1.54, 1.807) is 6.92 Å². The van der Waals surface area contributed by atoms with Gasteiger partial charge in [0.1, 0.15) is 0 Å². The van der Waals surface area contributed by atoms with Gasteiger partial charge in [-0.15, -0.1) is 0 Å². The average molecular weight is 253 g/mol. The van der Waals surface area contributed by atoms with Crippen LogP contribution in [0.3, 0.4) is 0 Å². The Morgan fingerprint density at radius 3 is 2.50 bits per heavy atom. The number of rotatable bonds is 2. The molecule has 0 atom stereocenters. The van der Waals surface area contributed by atoms with Crippen molar-refractivity contribution in [3.05, 3.63) is 35.4 Å². The summed E-state index contributed by atoms with van der Waals surface area (Å²) in [6.45, 7) is 1.93. The molecule has 0 aliphatic rings. The van der Waals surface area contributed by atoms with E-state index in [4.69, 9.17) is 10.1 Å². The standard InChI is InChI=1S/C10H10F3NO.ClH/c1-2-15-9(14)7-4-3-5-8(6-7)10(11,12)13;/h3-6,14H,2H2,1H3;1H/p-1. The van der Waals surface area contributed by atoms with E-state index in [0.717, 1.165) is 12.1 Å². The molecule has 0 spiro atoms. The second kappa shape index (κ2) is 5.75. The SMILES string of the molecule is CCOC(=N)c1cccc(C(F)(F)F)c1.[Cl-]. The van der Waals surface area contributed by atoms with Crippen LogP contribution in [0.1, 0.15) is 18.1 Å². The summed E-state index contributed by atoms with van der Waals surface area (Å²) in [6.07, 6.45) is -4.39. The molecule has 0 aliphatic carbocycles. The highest BCUT2D eigenvalue weighted by atomic mass is 35.5. The van der Waals surface area contributed by atoms with Crippen LogP contribution in [-0.4, -0.2) is 12.5 Å². The van der Waals surface area contributed by atoms with Crippen LogP contribution < -0.4 is 12.4 Å². The predicted octanol–water partition coefficient (Wildman–Crippen LogP) is 0.0713. The van der Waals surface area contributed by atoms with Crippen molar-refractivity contribution in [3.63, 3.8) is 0 Å². The largest absolute Gasteiger partial charge is 1.00 e. The first-order chi connectivity index (χ1) is 6.95. The van der Waals surface area contributed by atoms with Crippen molar-refractivity contribution in [2.75, 3.05) is 6.61 Å². The fourth-order valence-electron chi connectivity index (χ4n) is 1.06. The Bertz CT molecular complexity index is 365. The van der Waals surface area contributed by atoms with Gasteiger partial charge in [-0.3, -0.25) is 5.41 Å². The van der Waals surface area contributed by atoms with Crippen molar-refractivity contribution in [3.8, 4) is 0 Å². The lowest BCUT2D eigenvalue weighted by Crippen LogP contribution is -3.00. The fourth-order valence-corrected chi connectivity index (χ4v) is 1.06. The molecule has 16 heavy (non-hydrogen) atoms. The molecule has 0 aromatic heterocycles. The van der Waals surface area contributed by atoms with E-state index >= 15 is 0 Å². The zero-order valence-electron chi connectivity index (χ0n) is 8.44. The van der Waals surface area contributed by atoms with E-state index in [1.807, 2.05) is 0 Å². The molecular formula is C10H10ClF3NO-. The molecule has 90 valence electrons. The number of hydrogen-bond donors (Lipinski definition) is 1. The van der Waals surface area contributed by atoms with Crippen molar-refractivity contribution in [2.45, 2.75) is 13.1 Å². The fraction of sp³-hybridized carbons (Fsp3) is 0.300. The summed E-state index contributed by atoms with van der Waals surface area (Å²) in [5.41, 5.74) is -0.642. The number of hydrogen-bond acceptors (Lipinski definition) is 2. The third-order valence-electron chi connectivity index (χ3n) is 1.74. The van der Waals surface area contributed by atoms with E-state index in [-0.39, 0.29) is 30.5 Å². The minimum atomic E-state index is -4.39. The van der Waals surface area contributed by atoms with Crippen molar-refractivity contribution in [2.24, 2.45) is 0 Å². The maximum atomic E-state index is 12.3. The number of benzene rings is 1. The molecule has 0 saturated heterocycles. The molecule has 1 N–H and O–H groups in total. The normalized spacial score (nSPS) is 10.5. The van der Waals surface area contributed by atoms with E-state index in [1.165, 1.54) is 12.1 Å². The Hall–Kier alpha value is -1.23. The maximum Gasteiger partial charge on any atom is 0.416 e. The van der Waals surface area contributed by atoms with Gasteiger partial charge < -0.3 is 17.1 Å². The summed E-state index contributed by atoms with van der Waals surface area (Å²) in [4.78, 5) is 0. The van der Waals surface area contributed by atoms with Gasteiger partial charge in [0.25, 0.3) is 0 Å². The monoisotopic (exact) mass is 252 g/mol. The molecule has 0 bridgehead atoms. The van der Waals surface area contributed by atoms with Crippen molar-refractivity contribution >= 4 is 5.90 Å². The van der Waals surface area contributed by atoms with Crippen LogP contribution in [-0.2, 0) is 10.9 Å². The molecule has 0 amide bonds. The molecule has 1 aromatic rings. The Morgan fingerprint density at radius 2 is 2.00 bits per heavy atom. The van der Waals surface area contributed by atoms with Gasteiger partial charge in [0.05, 0.1) is 12.2 Å². The Labute approximate surface area is 97.3 Å². The highest BCUT2D eigenvalue weighted by Crippen LogP contribution is 2.29. The lowest BCUT2D eigenvalue weighted by molar-refractivity contribution is -0.137. The summed E-state index contributed by atoms with van der Waals surface area (Å²) in [6, 6.07) is 4.53. The summed E-state index contributed by atoms with van der Waals surface area (Å²) in [7, 11) is 0. The van der Waals surface area contributed by atoms with Crippen LogP contribution in [0.25, 0.3) is 0 Å². The summed E-state index contributed by atoms with van der Waals surface area (Å²) >= 11 is 0. The molecular weight excluding hydrogens is 243 g/mol. The molecule has 0 aliphatic heterocycles. The van der Waals surface area contributed by atoms with E-state index < -0.39 is 11.7 Å². The van der Waals surface area contributed by atoms with Gasteiger partial charge in [-0.25, -0.2) is 0 Å². The lowest BCUT2D eigenvalue weighted by Gasteiger charge is -2.09. The molecule has 2 nitrogen and oxygen atoms in total. The topological polar surface area (TPSA) is 33.1 Å². The number of halogens is 4. The molecule has 1 aromatic carbocycles. The first kappa shape index (κ1) is 14.8. The predicted molar refractivity (Wildman–Crippen MR) is 49.9 cm³/mol. The van der Waals surface area contributed by atoms with Gasteiger partial charge in [0.15, 0.2) is 0 Å². The molecule has 0 unspecified atom stereocenters. The molecule has 0 heterocycles. The van der Waals surface area contributed by atoms with Gasteiger partial charge in [0.2, 0.25) is 5.90 Å². The maximum absolute atomic E-state index is 12.3. The van der Waals surface area contributed by atoms with Crippen LogP contribution in [0.2, 0.25) is 0 Å². The minimum absolute atomic E-state index is 0. The lowest BCUT2D eigenvalue weighted by atomic mass is 10.1. The van der Waals surface area contributed by atoms with E-state index in [0.29, 0.717) is 0 Å². The molecule has 6 heteroatoms. The van der Waals surface area contributed by atoms with Gasteiger partial charge in [0, 0.05) is 5.56 Å². The number of ether oxygens (including phenoxy) is 1. The quantitative estimate of drug-likeness (QED) is 0.587. The molecule has 1 rings (SSSR count). The summed E-state index contributed by atoms with van der Waals surface area (Å²) in [5, 5.41) is 7.34. The van der Waals surface area contributed by atoms with E-state index in [9.17, 15) is 13.2 Å². The highest BCUT2D eigenvalue weighted by molar-refractivity contribution is 5.91. The average Bonchev–Trinajstić information content (AvgIpc) is 2.17. The first-order valence-electron chi connectivity index (χ1n) is 4.34. The smallest absolute Gasteiger partial charge is 0.416 e. The minimum Gasteiger partial charge on any atom is -1.00 e. The second-order valence-electron chi connectivity index (χ2n) is 2.84. The second-order valence-corrected chi connectivity index (χ2v) is 2.84. The van der Waals surface area contributed by atoms with Crippen molar-refractivity contribution in [1.29, 1.82) is 5.41 Å². The van der Waals surface area contributed by atoms with Gasteiger partial charge in [-0.2, -0.15) is 13.2 Å². The zero-order valence-corrected chi connectivity index (χ0v) is 9.19. The van der Waals surface area contributed by atoms with E-state index in [2.05, 4.69) is 0 Å². The Kier molecular flexibility index (Phi) is 5.30. The highest BCUT2D eigenvalue weighted by Gasteiger charge is 2.30. The molecule has 0 fully saturated rings. The number of nitrogens with one attached hydrogen (secondary N) is 1. The van der Waals surface area contributed by atoms with Crippen LogP contribution in [0, 0.1) is 5.41 Å². The molecule has 0 saturated carbocycles. The number of alkyl halides is 3. The van der Waals surface area contributed by atoms with Crippen LogP contribution in [0.5, 0.6) is 0 Å². The Balaban J connectivity index is 0.00000225. The Morgan fingerprint density at radius 1 is 1.38 bits per heavy atom. The van der Waals surface area contributed by atoms with Gasteiger partial charge in [-0.05, 0) is 25.1 Å². The van der Waals surface area contributed by atoms with Crippen molar-refractivity contribution in [1.82, 2.24) is 0 Å². The third kappa shape index (κ3) is 3.73.